The van der Waals surface area contributed by atoms with Gasteiger partial charge in [0.2, 0.25) is 21.8 Å². The van der Waals surface area contributed by atoms with E-state index in [1.807, 2.05) is 0 Å². The fraction of sp³-hybridized carbons (Fsp3) is 0.652. The number of hydrogen-bond acceptors (Lipinski definition) is 4. The molecular weight excluding hydrogens is 471 g/mol. The predicted octanol–water partition coefficient (Wildman–Crippen LogP) is 2.90. The predicted molar refractivity (Wildman–Crippen MR) is 118 cm³/mol. The van der Waals surface area contributed by atoms with Crippen LogP contribution < -0.4 is 11.1 Å². The van der Waals surface area contributed by atoms with E-state index in [2.05, 4.69) is 5.32 Å². The monoisotopic (exact) mass is 501 g/mol. The zero-order chi connectivity index (χ0) is 25.3. The van der Waals surface area contributed by atoms with Gasteiger partial charge >= 0.3 is 6.18 Å². The summed E-state index contributed by atoms with van der Waals surface area (Å²) in [6, 6.07) is 3.70. The maximum absolute atomic E-state index is 13.5. The Hall–Kier alpha value is -2.14. The van der Waals surface area contributed by atoms with Gasteiger partial charge in [-0.1, -0.05) is 12.1 Å². The van der Waals surface area contributed by atoms with Gasteiger partial charge in [-0.25, -0.2) is 8.42 Å². The Morgan fingerprint density at radius 1 is 1.09 bits per heavy atom. The van der Waals surface area contributed by atoms with Crippen LogP contribution in [0.1, 0.15) is 51.5 Å². The lowest BCUT2D eigenvalue weighted by atomic mass is 9.47. The number of alkyl halides is 3. The highest BCUT2D eigenvalue weighted by Gasteiger charge is 2.58. The number of halogens is 3. The van der Waals surface area contributed by atoms with Gasteiger partial charge in [0, 0.05) is 18.5 Å². The van der Waals surface area contributed by atoms with Crippen LogP contribution in [0.2, 0.25) is 0 Å². The minimum Gasteiger partial charge on any atom is -0.369 e. The lowest BCUT2D eigenvalue weighted by Gasteiger charge is -2.59. The lowest BCUT2D eigenvalue weighted by Crippen LogP contribution is -2.65. The van der Waals surface area contributed by atoms with Gasteiger partial charge in [-0.2, -0.15) is 17.5 Å². The standard InChI is InChI=1S/C23H30F3N3O4S/c1-21(2,29(3)34(32,33)17-7-5-4-6-16(17)23(24,25)26)20(31)28-18-14-8-13-9-15(18)12-22(10-13,11-14)19(27)30/h4-7,13-15,18H,8-12H2,1-3H3,(H2,27,30)(H,28,31). The molecule has 0 spiro atoms. The summed E-state index contributed by atoms with van der Waals surface area (Å²) in [7, 11) is -3.53. The summed E-state index contributed by atoms with van der Waals surface area (Å²) < 4.78 is 67.5. The minimum atomic E-state index is -4.87. The number of likely N-dealkylation sites (N-methyl/N-ethyl adjacent to an activating group) is 1. The van der Waals surface area contributed by atoms with E-state index >= 15 is 0 Å². The second kappa shape index (κ2) is 7.94. The van der Waals surface area contributed by atoms with Crippen molar-refractivity contribution in [1.29, 1.82) is 0 Å². The van der Waals surface area contributed by atoms with Gasteiger partial charge in [-0.3, -0.25) is 9.59 Å². The number of nitrogens with two attached hydrogens (primary N) is 1. The van der Waals surface area contributed by atoms with Gasteiger partial charge in [-0.05, 0) is 75.8 Å². The molecule has 0 aromatic heterocycles. The summed E-state index contributed by atoms with van der Waals surface area (Å²) in [6.07, 6.45) is -1.18. The van der Waals surface area contributed by atoms with Crippen molar-refractivity contribution in [3.8, 4) is 0 Å². The largest absolute Gasteiger partial charge is 0.417 e. The molecule has 7 nitrogen and oxygen atoms in total. The van der Waals surface area contributed by atoms with Crippen LogP contribution in [-0.4, -0.2) is 43.2 Å². The Morgan fingerprint density at radius 3 is 2.18 bits per heavy atom. The fourth-order valence-electron chi connectivity index (χ4n) is 6.41. The molecule has 0 radical (unpaired) electrons. The van der Waals surface area contributed by atoms with Gasteiger partial charge in [0.05, 0.1) is 10.5 Å². The van der Waals surface area contributed by atoms with Crippen molar-refractivity contribution >= 4 is 21.8 Å². The average Bonchev–Trinajstić information content (AvgIpc) is 2.74. The van der Waals surface area contributed by atoms with E-state index in [1.54, 1.807) is 0 Å². The van der Waals surface area contributed by atoms with E-state index in [0.717, 1.165) is 38.4 Å². The first-order valence-electron chi connectivity index (χ1n) is 11.4. The smallest absolute Gasteiger partial charge is 0.369 e. The van der Waals surface area contributed by atoms with E-state index in [9.17, 15) is 31.2 Å². The topological polar surface area (TPSA) is 110 Å². The first kappa shape index (κ1) is 25.0. The highest BCUT2D eigenvalue weighted by molar-refractivity contribution is 7.89. The number of amides is 2. The summed E-state index contributed by atoms with van der Waals surface area (Å²) in [5.41, 5.74) is 2.24. The summed E-state index contributed by atoms with van der Waals surface area (Å²) in [5.74, 6) is -0.384. The Kier molecular flexibility index (Phi) is 5.83. The number of primary amides is 1. The van der Waals surface area contributed by atoms with Crippen molar-refractivity contribution in [3.63, 3.8) is 0 Å². The number of rotatable bonds is 6. The third kappa shape index (κ3) is 3.90. The van der Waals surface area contributed by atoms with Crippen LogP contribution in [0.4, 0.5) is 13.2 Å². The second-order valence-electron chi connectivity index (χ2n) is 10.6. The molecule has 4 aliphatic rings. The first-order chi connectivity index (χ1) is 15.6. The van der Waals surface area contributed by atoms with Crippen molar-refractivity contribution in [1.82, 2.24) is 9.62 Å². The van der Waals surface area contributed by atoms with E-state index < -0.39 is 43.5 Å². The summed E-state index contributed by atoms with van der Waals surface area (Å²) >= 11 is 0. The first-order valence-corrected chi connectivity index (χ1v) is 12.8. The van der Waals surface area contributed by atoms with Crippen LogP contribution in [0, 0.1) is 23.2 Å². The van der Waals surface area contributed by atoms with Gasteiger partial charge in [-0.15, -0.1) is 0 Å². The Bertz CT molecular complexity index is 1100. The average molecular weight is 502 g/mol. The van der Waals surface area contributed by atoms with Crippen LogP contribution >= 0.6 is 0 Å². The van der Waals surface area contributed by atoms with E-state index in [-0.39, 0.29) is 23.8 Å². The normalized spacial score (nSPS) is 31.0. The molecule has 34 heavy (non-hydrogen) atoms. The highest BCUT2D eigenvalue weighted by atomic mass is 32.2. The van der Waals surface area contributed by atoms with E-state index in [4.69, 9.17) is 5.73 Å². The molecule has 0 saturated heterocycles. The molecule has 0 aliphatic heterocycles. The molecule has 0 heterocycles. The number of nitrogens with one attached hydrogen (secondary N) is 1. The Labute approximate surface area is 197 Å². The molecule has 3 N–H and O–H groups in total. The van der Waals surface area contributed by atoms with Crippen LogP contribution in [0.15, 0.2) is 29.2 Å². The molecule has 4 fully saturated rings. The Morgan fingerprint density at radius 2 is 1.65 bits per heavy atom. The summed E-state index contributed by atoms with van der Waals surface area (Å²) in [4.78, 5) is 24.6. The quantitative estimate of drug-likeness (QED) is 0.625. The molecular formula is C23H30F3N3O4S. The van der Waals surface area contributed by atoms with Gasteiger partial charge < -0.3 is 11.1 Å². The van der Waals surface area contributed by atoms with Crippen LogP contribution in [0.25, 0.3) is 0 Å². The summed E-state index contributed by atoms with van der Waals surface area (Å²) in [5, 5.41) is 2.99. The zero-order valence-electron chi connectivity index (χ0n) is 19.4. The molecule has 2 amide bonds. The van der Waals surface area contributed by atoms with Crippen molar-refractivity contribution in [2.45, 2.75) is 68.6 Å². The van der Waals surface area contributed by atoms with E-state index in [0.29, 0.717) is 29.1 Å². The molecule has 4 aliphatic carbocycles. The molecule has 4 saturated carbocycles. The van der Waals surface area contributed by atoms with Gasteiger partial charge in [0.15, 0.2) is 0 Å². The van der Waals surface area contributed by atoms with Crippen LogP contribution in [0.3, 0.4) is 0 Å². The molecule has 188 valence electrons. The molecule has 2 atom stereocenters. The van der Waals surface area contributed by atoms with Crippen LogP contribution in [-0.2, 0) is 25.8 Å². The third-order valence-corrected chi connectivity index (χ3v) is 10.4. The molecule has 1 aromatic carbocycles. The van der Waals surface area contributed by atoms with Crippen molar-refractivity contribution in [3.05, 3.63) is 29.8 Å². The number of hydrogen-bond donors (Lipinski definition) is 2. The zero-order valence-corrected chi connectivity index (χ0v) is 20.2. The molecule has 2 unspecified atom stereocenters. The molecule has 11 heteroatoms. The number of sulfonamides is 1. The number of carbonyl (C=O) groups excluding carboxylic acids is 2. The number of nitrogens with zero attached hydrogens (tertiary/aromatic N) is 1. The highest BCUT2D eigenvalue weighted by Crippen LogP contribution is 2.60. The lowest BCUT2D eigenvalue weighted by molar-refractivity contribution is -0.148. The maximum Gasteiger partial charge on any atom is 0.417 e. The summed E-state index contributed by atoms with van der Waals surface area (Å²) in [6.45, 7) is 2.74. The van der Waals surface area contributed by atoms with Crippen molar-refractivity contribution < 1.29 is 31.2 Å². The molecule has 5 rings (SSSR count). The van der Waals surface area contributed by atoms with Crippen molar-refractivity contribution in [2.75, 3.05) is 7.05 Å². The second-order valence-corrected chi connectivity index (χ2v) is 12.6. The molecule has 1 aromatic rings. The minimum absolute atomic E-state index is 0.0615. The number of benzene rings is 1. The van der Waals surface area contributed by atoms with Gasteiger partial charge in [0.25, 0.3) is 0 Å². The maximum atomic E-state index is 13.5. The molecule has 4 bridgehead atoms. The van der Waals surface area contributed by atoms with Crippen molar-refractivity contribution in [2.24, 2.45) is 28.9 Å². The van der Waals surface area contributed by atoms with Crippen LogP contribution in [0.5, 0.6) is 0 Å². The SMILES string of the molecule is CN(C(C)(C)C(=O)NC1C2CC3CC1CC(C(N)=O)(C3)C2)S(=O)(=O)c1ccccc1C(F)(F)F. The third-order valence-electron chi connectivity index (χ3n) is 8.27. The van der Waals surface area contributed by atoms with E-state index in [1.165, 1.54) is 19.9 Å². The number of carbonyl (C=O) groups is 2. The van der Waals surface area contributed by atoms with Gasteiger partial charge in [0.1, 0.15) is 5.54 Å². The Balaban J connectivity index is 1.56. The fourth-order valence-corrected chi connectivity index (χ4v) is 8.10.